The molecule has 0 aromatic heterocycles. The normalized spacial score (nSPS) is 10.1. The van der Waals surface area contributed by atoms with Gasteiger partial charge in [0.15, 0.2) is 5.78 Å². The number of hydrogen-bond donors (Lipinski definition) is 2. The summed E-state index contributed by atoms with van der Waals surface area (Å²) in [5, 5.41) is 5.85. The van der Waals surface area contributed by atoms with E-state index in [4.69, 9.17) is 4.74 Å². The molecule has 0 bridgehead atoms. The highest BCUT2D eigenvalue weighted by Gasteiger charge is 2.05. The summed E-state index contributed by atoms with van der Waals surface area (Å²) in [6.07, 6.45) is 0. The zero-order valence-corrected chi connectivity index (χ0v) is 14.9. The molecule has 3 rings (SSSR count). The van der Waals surface area contributed by atoms with Crippen LogP contribution in [0.3, 0.4) is 0 Å². The van der Waals surface area contributed by atoms with Crippen molar-refractivity contribution in [3.05, 3.63) is 84.4 Å². The number of anilines is 2. The van der Waals surface area contributed by atoms with Gasteiger partial charge in [0.1, 0.15) is 11.5 Å². The largest absolute Gasteiger partial charge is 0.457 e. The molecule has 0 aliphatic rings. The Bertz CT molecular complexity index is 939. The highest BCUT2D eigenvalue weighted by Crippen LogP contribution is 2.23. The monoisotopic (exact) mass is 360 g/mol. The third-order valence-corrected chi connectivity index (χ3v) is 3.82. The maximum atomic E-state index is 12.2. The standard InChI is InChI=1S/C22H20N2O3/c1-16(25)17-7-5-8-18(13-17)23-15-22(26)24-19-9-6-12-21(14-19)27-20-10-3-2-4-11-20/h2-14,23H,15H2,1H3,(H,24,26). The molecule has 2 N–H and O–H groups in total. The summed E-state index contributed by atoms with van der Waals surface area (Å²) in [6.45, 7) is 1.60. The van der Waals surface area contributed by atoms with Gasteiger partial charge in [-0.05, 0) is 43.3 Å². The van der Waals surface area contributed by atoms with Crippen LogP contribution in [0.15, 0.2) is 78.9 Å². The van der Waals surface area contributed by atoms with E-state index in [1.807, 2.05) is 48.5 Å². The maximum absolute atomic E-state index is 12.2. The van der Waals surface area contributed by atoms with Gasteiger partial charge < -0.3 is 15.4 Å². The molecule has 0 unspecified atom stereocenters. The molecule has 5 nitrogen and oxygen atoms in total. The third-order valence-electron chi connectivity index (χ3n) is 3.82. The van der Waals surface area contributed by atoms with E-state index in [9.17, 15) is 9.59 Å². The number of ether oxygens (including phenoxy) is 1. The minimum Gasteiger partial charge on any atom is -0.457 e. The molecule has 1 amide bonds. The molecule has 3 aromatic carbocycles. The van der Waals surface area contributed by atoms with Crippen molar-refractivity contribution in [3.8, 4) is 11.5 Å². The van der Waals surface area contributed by atoms with Crippen molar-refractivity contribution in [2.24, 2.45) is 0 Å². The van der Waals surface area contributed by atoms with E-state index in [0.29, 0.717) is 17.0 Å². The molecule has 5 heteroatoms. The molecule has 0 aliphatic heterocycles. The minimum atomic E-state index is -0.194. The summed E-state index contributed by atoms with van der Waals surface area (Å²) in [4.78, 5) is 23.6. The van der Waals surface area contributed by atoms with E-state index in [1.54, 1.807) is 30.3 Å². The van der Waals surface area contributed by atoms with E-state index in [0.717, 1.165) is 11.4 Å². The van der Waals surface area contributed by atoms with Crippen LogP contribution in [0.25, 0.3) is 0 Å². The lowest BCUT2D eigenvalue weighted by molar-refractivity contribution is -0.114. The van der Waals surface area contributed by atoms with Gasteiger partial charge >= 0.3 is 0 Å². The maximum Gasteiger partial charge on any atom is 0.243 e. The van der Waals surface area contributed by atoms with Gasteiger partial charge in [-0.1, -0.05) is 36.4 Å². The predicted octanol–water partition coefficient (Wildman–Crippen LogP) is 4.73. The highest BCUT2D eigenvalue weighted by atomic mass is 16.5. The predicted molar refractivity (Wildman–Crippen MR) is 107 cm³/mol. The van der Waals surface area contributed by atoms with Crippen LogP contribution in [0.4, 0.5) is 11.4 Å². The quantitative estimate of drug-likeness (QED) is 0.598. The Hall–Kier alpha value is -3.60. The fourth-order valence-corrected chi connectivity index (χ4v) is 2.50. The van der Waals surface area contributed by atoms with Crippen LogP contribution >= 0.6 is 0 Å². The average molecular weight is 360 g/mol. The lowest BCUT2D eigenvalue weighted by Gasteiger charge is -2.10. The Morgan fingerprint density at radius 3 is 2.30 bits per heavy atom. The molecule has 0 aliphatic carbocycles. The molecule has 0 fully saturated rings. The SMILES string of the molecule is CC(=O)c1cccc(NCC(=O)Nc2cccc(Oc3ccccc3)c2)c1. The molecule has 0 saturated heterocycles. The van der Waals surface area contributed by atoms with E-state index in [2.05, 4.69) is 10.6 Å². The first-order chi connectivity index (χ1) is 13.1. The lowest BCUT2D eigenvalue weighted by atomic mass is 10.1. The number of hydrogen-bond acceptors (Lipinski definition) is 4. The summed E-state index contributed by atoms with van der Waals surface area (Å²) < 4.78 is 5.77. The second kappa shape index (κ2) is 8.67. The second-order valence-electron chi connectivity index (χ2n) is 5.98. The second-order valence-corrected chi connectivity index (χ2v) is 5.98. The summed E-state index contributed by atoms with van der Waals surface area (Å²) in [5.74, 6) is 1.16. The smallest absolute Gasteiger partial charge is 0.243 e. The van der Waals surface area contributed by atoms with Gasteiger partial charge in [0.05, 0.1) is 6.54 Å². The zero-order chi connectivity index (χ0) is 19.1. The van der Waals surface area contributed by atoms with E-state index < -0.39 is 0 Å². The van der Waals surface area contributed by atoms with Crippen molar-refractivity contribution >= 4 is 23.1 Å². The molecule has 0 spiro atoms. The minimum absolute atomic E-state index is 0.0154. The molecule has 136 valence electrons. The average Bonchev–Trinajstić information content (AvgIpc) is 2.68. The summed E-state index contributed by atoms with van der Waals surface area (Å²) in [6, 6.07) is 23.7. The fourth-order valence-electron chi connectivity index (χ4n) is 2.50. The molecule has 0 atom stereocenters. The molecule has 0 heterocycles. The summed E-state index contributed by atoms with van der Waals surface area (Å²) in [7, 11) is 0. The molecule has 3 aromatic rings. The van der Waals surface area contributed by atoms with Crippen LogP contribution in [0.2, 0.25) is 0 Å². The van der Waals surface area contributed by atoms with Crippen LogP contribution in [0, 0.1) is 0 Å². The van der Waals surface area contributed by atoms with Crippen molar-refractivity contribution in [2.45, 2.75) is 6.92 Å². The molecular weight excluding hydrogens is 340 g/mol. The number of carbonyl (C=O) groups excluding carboxylic acids is 2. The van der Waals surface area contributed by atoms with Gasteiger partial charge in [0.2, 0.25) is 5.91 Å². The van der Waals surface area contributed by atoms with Crippen molar-refractivity contribution in [2.75, 3.05) is 17.2 Å². The molecule has 27 heavy (non-hydrogen) atoms. The highest BCUT2D eigenvalue weighted by molar-refractivity contribution is 5.96. The topological polar surface area (TPSA) is 67.4 Å². The number of nitrogens with one attached hydrogen (secondary N) is 2. The zero-order valence-electron chi connectivity index (χ0n) is 14.9. The summed E-state index contributed by atoms with van der Waals surface area (Å²) >= 11 is 0. The van der Waals surface area contributed by atoms with Crippen molar-refractivity contribution in [1.82, 2.24) is 0 Å². The third kappa shape index (κ3) is 5.44. The number of amides is 1. The Morgan fingerprint density at radius 1 is 0.815 bits per heavy atom. The fraction of sp³-hybridized carbons (Fsp3) is 0.0909. The van der Waals surface area contributed by atoms with E-state index in [1.165, 1.54) is 6.92 Å². The number of Topliss-reactive ketones (excluding diaryl/α,β-unsaturated/α-hetero) is 1. The number of rotatable bonds is 7. The summed E-state index contributed by atoms with van der Waals surface area (Å²) in [5.41, 5.74) is 1.97. The van der Waals surface area contributed by atoms with Crippen LogP contribution in [0.1, 0.15) is 17.3 Å². The van der Waals surface area contributed by atoms with Crippen molar-refractivity contribution in [1.29, 1.82) is 0 Å². The van der Waals surface area contributed by atoms with Crippen LogP contribution in [0.5, 0.6) is 11.5 Å². The van der Waals surface area contributed by atoms with Gasteiger partial charge in [-0.3, -0.25) is 9.59 Å². The Morgan fingerprint density at radius 2 is 1.52 bits per heavy atom. The van der Waals surface area contributed by atoms with Gasteiger partial charge in [0, 0.05) is 23.0 Å². The van der Waals surface area contributed by atoms with Crippen LogP contribution in [-0.2, 0) is 4.79 Å². The first-order valence-corrected chi connectivity index (χ1v) is 8.58. The van der Waals surface area contributed by atoms with E-state index in [-0.39, 0.29) is 18.2 Å². The molecule has 0 radical (unpaired) electrons. The molecular formula is C22H20N2O3. The van der Waals surface area contributed by atoms with Gasteiger partial charge in [-0.2, -0.15) is 0 Å². The molecule has 0 saturated carbocycles. The van der Waals surface area contributed by atoms with Crippen LogP contribution in [-0.4, -0.2) is 18.2 Å². The number of carbonyl (C=O) groups is 2. The Labute approximate surface area is 158 Å². The number of benzene rings is 3. The van der Waals surface area contributed by atoms with Crippen LogP contribution < -0.4 is 15.4 Å². The number of ketones is 1. The van der Waals surface area contributed by atoms with Gasteiger partial charge in [-0.25, -0.2) is 0 Å². The van der Waals surface area contributed by atoms with Crippen molar-refractivity contribution in [3.63, 3.8) is 0 Å². The van der Waals surface area contributed by atoms with E-state index >= 15 is 0 Å². The lowest BCUT2D eigenvalue weighted by Crippen LogP contribution is -2.21. The van der Waals surface area contributed by atoms with Gasteiger partial charge in [-0.15, -0.1) is 0 Å². The first-order valence-electron chi connectivity index (χ1n) is 8.58. The van der Waals surface area contributed by atoms with Gasteiger partial charge in [0.25, 0.3) is 0 Å². The van der Waals surface area contributed by atoms with Crippen molar-refractivity contribution < 1.29 is 14.3 Å². The Balaban J connectivity index is 1.57. The first kappa shape index (κ1) is 18.2. The Kier molecular flexibility index (Phi) is 5.84. The number of para-hydroxylation sites is 1.